The van der Waals surface area contributed by atoms with Gasteiger partial charge in [-0.3, -0.25) is 0 Å². The summed E-state index contributed by atoms with van der Waals surface area (Å²) in [5, 5.41) is 2.57. The molecule has 0 spiro atoms. The highest BCUT2D eigenvalue weighted by Crippen LogP contribution is 2.28. The van der Waals surface area contributed by atoms with E-state index in [1.807, 2.05) is 27.7 Å². The summed E-state index contributed by atoms with van der Waals surface area (Å²) in [5.41, 5.74) is 4.97. The monoisotopic (exact) mass is 282 g/mol. The van der Waals surface area contributed by atoms with E-state index in [0.717, 1.165) is 5.57 Å². The molecule has 0 aliphatic carbocycles. The van der Waals surface area contributed by atoms with Crippen molar-refractivity contribution in [1.82, 2.24) is 0 Å². The Labute approximate surface area is 131 Å². The van der Waals surface area contributed by atoms with Crippen molar-refractivity contribution in [2.45, 2.75) is 48.5 Å². The Morgan fingerprint density at radius 1 is 0.762 bits per heavy atom. The van der Waals surface area contributed by atoms with Crippen molar-refractivity contribution in [1.29, 1.82) is 0 Å². The molecule has 0 fully saturated rings. The lowest BCUT2D eigenvalue weighted by Gasteiger charge is -2.11. The van der Waals surface area contributed by atoms with Crippen LogP contribution in [0.1, 0.15) is 54.0 Å². The van der Waals surface area contributed by atoms with Gasteiger partial charge in [-0.05, 0) is 48.7 Å². The third-order valence-electron chi connectivity index (χ3n) is 2.96. The smallest absolute Gasteiger partial charge is 0.0174 e. The van der Waals surface area contributed by atoms with E-state index >= 15 is 0 Å². The van der Waals surface area contributed by atoms with Crippen molar-refractivity contribution in [2.24, 2.45) is 0 Å². The first-order chi connectivity index (χ1) is 10.1. The fourth-order valence-electron chi connectivity index (χ4n) is 2.31. The van der Waals surface area contributed by atoms with Gasteiger partial charge in [0.25, 0.3) is 0 Å². The van der Waals surface area contributed by atoms with Crippen molar-refractivity contribution < 1.29 is 0 Å². The minimum atomic E-state index is 1.13. The van der Waals surface area contributed by atoms with Gasteiger partial charge in [-0.15, -0.1) is 0 Å². The summed E-state index contributed by atoms with van der Waals surface area (Å²) in [6.45, 7) is 18.4. The van der Waals surface area contributed by atoms with E-state index in [1.165, 1.54) is 27.5 Å². The molecule has 0 bridgehead atoms. The second-order valence-electron chi connectivity index (χ2n) is 4.72. The van der Waals surface area contributed by atoms with Crippen LogP contribution in [-0.4, -0.2) is 0 Å². The summed E-state index contributed by atoms with van der Waals surface area (Å²) < 4.78 is 0. The number of hydrogen-bond donors (Lipinski definition) is 0. The maximum Gasteiger partial charge on any atom is -0.0174 e. The predicted octanol–water partition coefficient (Wildman–Crippen LogP) is 7.26. The molecule has 21 heavy (non-hydrogen) atoms. The van der Waals surface area contributed by atoms with Gasteiger partial charge >= 0.3 is 0 Å². The Bertz CT molecular complexity index is 596. The van der Waals surface area contributed by atoms with E-state index in [1.54, 1.807) is 0 Å². The first-order valence-corrected chi connectivity index (χ1v) is 7.92. The predicted molar refractivity (Wildman–Crippen MR) is 99.7 cm³/mol. The Morgan fingerprint density at radius 2 is 1.29 bits per heavy atom. The lowest BCUT2D eigenvalue weighted by Crippen LogP contribution is -1.88. The largest absolute Gasteiger partial charge is 0.0955 e. The molecular formula is C21H30. The zero-order valence-electron chi connectivity index (χ0n) is 14.7. The minimum absolute atomic E-state index is 1.13. The van der Waals surface area contributed by atoms with Gasteiger partial charge < -0.3 is 0 Å². The zero-order chi connectivity index (χ0) is 16.4. The van der Waals surface area contributed by atoms with Gasteiger partial charge in [0.2, 0.25) is 0 Å². The molecule has 0 heterocycles. The Balaban J connectivity index is 0.000000921. The van der Waals surface area contributed by atoms with Crippen LogP contribution < -0.4 is 0 Å². The Hall–Kier alpha value is -1.82. The van der Waals surface area contributed by atoms with Crippen molar-refractivity contribution in [2.75, 3.05) is 0 Å². The summed E-state index contributed by atoms with van der Waals surface area (Å²) >= 11 is 0. The van der Waals surface area contributed by atoms with Crippen LogP contribution in [0.2, 0.25) is 0 Å². The first kappa shape index (κ1) is 19.2. The summed E-state index contributed by atoms with van der Waals surface area (Å²) in [7, 11) is 0. The highest BCUT2D eigenvalue weighted by Gasteiger charge is 2.05. The van der Waals surface area contributed by atoms with Crippen LogP contribution in [0.25, 0.3) is 16.3 Å². The Kier molecular flexibility index (Phi) is 9.12. The summed E-state index contributed by atoms with van der Waals surface area (Å²) in [6, 6.07) is 15.0. The second-order valence-corrected chi connectivity index (χ2v) is 4.72. The molecule has 0 heteroatoms. The van der Waals surface area contributed by atoms with Gasteiger partial charge in [-0.1, -0.05) is 81.8 Å². The van der Waals surface area contributed by atoms with Crippen LogP contribution >= 0.6 is 0 Å². The van der Waals surface area contributed by atoms with E-state index in [9.17, 15) is 0 Å². The average Bonchev–Trinajstić information content (AvgIpc) is 2.50. The van der Waals surface area contributed by atoms with Crippen LogP contribution in [0.5, 0.6) is 0 Å². The molecule has 0 radical (unpaired) electrons. The standard InChI is InChI=1S/C17H18.2C2H6/c1-12(2)17(13(3)4)16-10-9-14-7-5-6-8-15(14)11-16;2*1-2/h5-11H,1H2,2-4H3;2*1-2H3. The van der Waals surface area contributed by atoms with Crippen LogP contribution in [-0.2, 0) is 0 Å². The topological polar surface area (TPSA) is 0 Å². The second kappa shape index (κ2) is 9.99. The van der Waals surface area contributed by atoms with Crippen molar-refractivity contribution in [3.8, 4) is 0 Å². The molecule has 0 aliphatic rings. The molecule has 2 rings (SSSR count). The maximum absolute atomic E-state index is 4.08. The molecule has 114 valence electrons. The molecular weight excluding hydrogens is 252 g/mol. The van der Waals surface area contributed by atoms with Gasteiger partial charge in [-0.2, -0.15) is 0 Å². The van der Waals surface area contributed by atoms with E-state index in [4.69, 9.17) is 0 Å². The molecule has 0 nitrogen and oxygen atoms in total. The van der Waals surface area contributed by atoms with Crippen LogP contribution in [0, 0.1) is 0 Å². The van der Waals surface area contributed by atoms with Crippen LogP contribution in [0.15, 0.2) is 60.2 Å². The maximum atomic E-state index is 4.08. The SMILES string of the molecule is C=C(C)C(=C(C)C)c1ccc2ccccc2c1.CC.CC. The van der Waals surface area contributed by atoms with Gasteiger partial charge in [-0.25, -0.2) is 0 Å². The summed E-state index contributed by atoms with van der Waals surface area (Å²) in [5.74, 6) is 0. The van der Waals surface area contributed by atoms with Crippen LogP contribution in [0.4, 0.5) is 0 Å². The Morgan fingerprint density at radius 3 is 1.76 bits per heavy atom. The quantitative estimate of drug-likeness (QED) is 0.508. The van der Waals surface area contributed by atoms with Crippen molar-refractivity contribution in [3.63, 3.8) is 0 Å². The fourth-order valence-corrected chi connectivity index (χ4v) is 2.31. The van der Waals surface area contributed by atoms with E-state index in [0.29, 0.717) is 0 Å². The number of allylic oxidation sites excluding steroid dienone is 3. The summed E-state index contributed by atoms with van der Waals surface area (Å²) in [4.78, 5) is 0. The zero-order valence-corrected chi connectivity index (χ0v) is 14.7. The number of benzene rings is 2. The van der Waals surface area contributed by atoms with E-state index < -0.39 is 0 Å². The molecule has 2 aromatic carbocycles. The number of hydrogen-bond acceptors (Lipinski definition) is 0. The minimum Gasteiger partial charge on any atom is -0.0955 e. The lowest BCUT2D eigenvalue weighted by molar-refractivity contribution is 1.36. The van der Waals surface area contributed by atoms with Crippen molar-refractivity contribution in [3.05, 3.63) is 65.8 Å². The molecule has 0 N–H and O–H groups in total. The third kappa shape index (κ3) is 5.23. The normalized spacial score (nSPS) is 8.90. The third-order valence-corrected chi connectivity index (χ3v) is 2.96. The van der Waals surface area contributed by atoms with E-state index in [2.05, 4.69) is 69.8 Å². The molecule has 0 saturated carbocycles. The van der Waals surface area contributed by atoms with E-state index in [-0.39, 0.29) is 0 Å². The molecule has 0 amide bonds. The molecule has 0 aromatic heterocycles. The lowest BCUT2D eigenvalue weighted by atomic mass is 9.94. The van der Waals surface area contributed by atoms with Gasteiger partial charge in [0.15, 0.2) is 0 Å². The molecule has 0 atom stereocenters. The van der Waals surface area contributed by atoms with Crippen LogP contribution in [0.3, 0.4) is 0 Å². The first-order valence-electron chi connectivity index (χ1n) is 7.92. The molecule has 2 aromatic rings. The number of rotatable bonds is 2. The molecule has 0 unspecified atom stereocenters. The van der Waals surface area contributed by atoms with Gasteiger partial charge in [0, 0.05) is 0 Å². The fraction of sp³-hybridized carbons (Fsp3) is 0.333. The van der Waals surface area contributed by atoms with Crippen molar-refractivity contribution >= 4 is 16.3 Å². The highest BCUT2D eigenvalue weighted by atomic mass is 14.1. The molecule has 0 aliphatic heterocycles. The van der Waals surface area contributed by atoms with Gasteiger partial charge in [0.05, 0.1) is 0 Å². The molecule has 0 saturated heterocycles. The highest BCUT2D eigenvalue weighted by molar-refractivity contribution is 5.89. The average molecular weight is 282 g/mol. The summed E-state index contributed by atoms with van der Waals surface area (Å²) in [6.07, 6.45) is 0. The number of fused-ring (bicyclic) bond motifs is 1. The van der Waals surface area contributed by atoms with Gasteiger partial charge in [0.1, 0.15) is 0 Å².